The average Bonchev–Trinajstić information content (AvgIpc) is 2.81. The van der Waals surface area contributed by atoms with Gasteiger partial charge in [0.2, 0.25) is 5.78 Å². The maximum atomic E-state index is 13.6. The van der Waals surface area contributed by atoms with Gasteiger partial charge in [0.25, 0.3) is 0 Å². The van der Waals surface area contributed by atoms with E-state index in [1.54, 1.807) is 6.07 Å². The van der Waals surface area contributed by atoms with E-state index in [4.69, 9.17) is 0 Å². The molecule has 0 aliphatic rings. The number of benzene rings is 2. The fourth-order valence-corrected chi connectivity index (χ4v) is 2.93. The first-order valence-corrected chi connectivity index (χ1v) is 6.55. The third-order valence-corrected chi connectivity index (χ3v) is 3.99. The number of hydrogen-bond acceptors (Lipinski definition) is 2. The number of carbonyl (C=O) groups is 1. The van der Waals surface area contributed by atoms with Gasteiger partial charge < -0.3 is 0 Å². The lowest BCUT2D eigenvalue weighted by Crippen LogP contribution is -2.02. The van der Waals surface area contributed by atoms with Gasteiger partial charge in [-0.05, 0) is 41.8 Å². The van der Waals surface area contributed by atoms with E-state index in [1.165, 1.54) is 18.2 Å². The van der Waals surface area contributed by atoms with Crippen molar-refractivity contribution in [2.75, 3.05) is 0 Å². The minimum Gasteiger partial charge on any atom is -0.288 e. The van der Waals surface area contributed by atoms with Crippen LogP contribution in [0.25, 0.3) is 10.1 Å². The Morgan fingerprint density at radius 2 is 1.60 bits per heavy atom. The third-order valence-electron chi connectivity index (χ3n) is 2.88. The van der Waals surface area contributed by atoms with Crippen molar-refractivity contribution in [1.82, 2.24) is 0 Å². The molecular weight excluding hydrogens is 285 g/mol. The van der Waals surface area contributed by atoms with E-state index in [1.807, 2.05) is 0 Å². The Morgan fingerprint density at radius 3 is 2.35 bits per heavy atom. The van der Waals surface area contributed by atoms with E-state index in [9.17, 15) is 18.0 Å². The van der Waals surface area contributed by atoms with Crippen LogP contribution in [0.15, 0.2) is 42.5 Å². The monoisotopic (exact) mass is 292 g/mol. The molecule has 0 atom stereocenters. The van der Waals surface area contributed by atoms with Crippen LogP contribution in [0.5, 0.6) is 0 Å². The number of thiophene rings is 1. The van der Waals surface area contributed by atoms with Crippen LogP contribution in [0, 0.1) is 17.5 Å². The summed E-state index contributed by atoms with van der Waals surface area (Å²) in [6.45, 7) is 0. The average molecular weight is 292 g/mol. The highest BCUT2D eigenvalue weighted by Crippen LogP contribution is 2.28. The second-order valence-corrected chi connectivity index (χ2v) is 5.33. The number of fused-ring (bicyclic) bond motifs is 1. The van der Waals surface area contributed by atoms with Crippen LogP contribution in [0.3, 0.4) is 0 Å². The Morgan fingerprint density at radius 1 is 0.900 bits per heavy atom. The molecule has 20 heavy (non-hydrogen) atoms. The van der Waals surface area contributed by atoms with Crippen molar-refractivity contribution in [2.45, 2.75) is 0 Å². The Hall–Kier alpha value is -2.14. The van der Waals surface area contributed by atoms with Crippen LogP contribution in [-0.2, 0) is 0 Å². The van der Waals surface area contributed by atoms with Crippen molar-refractivity contribution in [3.05, 3.63) is 70.4 Å². The summed E-state index contributed by atoms with van der Waals surface area (Å²) in [5.41, 5.74) is -0.196. The smallest absolute Gasteiger partial charge is 0.205 e. The molecule has 0 aliphatic heterocycles. The first kappa shape index (κ1) is 12.9. The predicted molar refractivity (Wildman–Crippen MR) is 71.6 cm³/mol. The van der Waals surface area contributed by atoms with E-state index >= 15 is 0 Å². The molecule has 0 bridgehead atoms. The van der Waals surface area contributed by atoms with Crippen molar-refractivity contribution >= 4 is 27.2 Å². The highest BCUT2D eigenvalue weighted by molar-refractivity contribution is 7.21. The molecule has 0 N–H and O–H groups in total. The minimum absolute atomic E-state index is 0.196. The molecule has 1 nitrogen and oxygen atoms in total. The zero-order valence-electron chi connectivity index (χ0n) is 9.99. The van der Waals surface area contributed by atoms with Crippen molar-refractivity contribution in [2.24, 2.45) is 0 Å². The normalized spacial score (nSPS) is 10.9. The molecule has 1 aromatic heterocycles. The lowest BCUT2D eigenvalue weighted by molar-refractivity contribution is 0.103. The summed E-state index contributed by atoms with van der Waals surface area (Å²) < 4.78 is 40.3. The van der Waals surface area contributed by atoms with Crippen molar-refractivity contribution < 1.29 is 18.0 Å². The van der Waals surface area contributed by atoms with Gasteiger partial charge in [0, 0.05) is 10.8 Å². The lowest BCUT2D eigenvalue weighted by Gasteiger charge is -1.99. The molecule has 3 rings (SSSR count). The Balaban J connectivity index is 2.08. The molecule has 0 unspecified atom stereocenters. The van der Waals surface area contributed by atoms with E-state index in [0.29, 0.717) is 11.5 Å². The number of hydrogen-bond donors (Lipinski definition) is 0. The zero-order valence-corrected chi connectivity index (χ0v) is 10.8. The van der Waals surface area contributed by atoms with Crippen LogP contribution in [0.4, 0.5) is 13.2 Å². The number of ketones is 1. The molecule has 0 spiro atoms. The van der Waals surface area contributed by atoms with Crippen LogP contribution in [0.2, 0.25) is 0 Å². The molecule has 100 valence electrons. The summed E-state index contributed by atoms with van der Waals surface area (Å²) in [5, 5.41) is 0.584. The van der Waals surface area contributed by atoms with Crippen molar-refractivity contribution in [3.63, 3.8) is 0 Å². The van der Waals surface area contributed by atoms with Gasteiger partial charge >= 0.3 is 0 Å². The Bertz CT molecular complexity index is 823. The molecule has 0 amide bonds. The molecule has 0 saturated heterocycles. The van der Waals surface area contributed by atoms with Crippen LogP contribution in [0.1, 0.15) is 15.2 Å². The van der Waals surface area contributed by atoms with Gasteiger partial charge in [-0.25, -0.2) is 13.2 Å². The van der Waals surface area contributed by atoms with Gasteiger partial charge in [0.15, 0.2) is 0 Å². The number of rotatable bonds is 2. The summed E-state index contributed by atoms with van der Waals surface area (Å²) in [7, 11) is 0. The highest BCUT2D eigenvalue weighted by atomic mass is 32.1. The molecule has 0 radical (unpaired) electrons. The molecule has 2 aromatic carbocycles. The van der Waals surface area contributed by atoms with E-state index in [0.717, 1.165) is 28.2 Å². The first-order chi connectivity index (χ1) is 9.54. The lowest BCUT2D eigenvalue weighted by atomic mass is 10.1. The van der Waals surface area contributed by atoms with Crippen molar-refractivity contribution in [1.29, 1.82) is 0 Å². The molecule has 0 aliphatic carbocycles. The maximum absolute atomic E-state index is 13.6. The highest BCUT2D eigenvalue weighted by Gasteiger charge is 2.17. The fraction of sp³-hybridized carbons (Fsp3) is 0. The second-order valence-electron chi connectivity index (χ2n) is 4.25. The molecule has 3 aromatic rings. The van der Waals surface area contributed by atoms with Crippen molar-refractivity contribution in [3.8, 4) is 0 Å². The van der Waals surface area contributed by atoms with Crippen LogP contribution < -0.4 is 0 Å². The van der Waals surface area contributed by atoms with Gasteiger partial charge in [-0.1, -0.05) is 0 Å². The largest absolute Gasteiger partial charge is 0.288 e. The Labute approximate surface area is 116 Å². The standard InChI is InChI=1S/C15H7F3OS/c16-9-2-4-13-8(5-9)6-14(20-13)15(19)11-3-1-10(17)7-12(11)18/h1-7H. The first-order valence-electron chi connectivity index (χ1n) is 5.73. The third kappa shape index (κ3) is 2.20. The fourth-order valence-electron chi connectivity index (χ4n) is 1.93. The van der Waals surface area contributed by atoms with Gasteiger partial charge in [-0.2, -0.15) is 0 Å². The quantitative estimate of drug-likeness (QED) is 0.633. The SMILES string of the molecule is O=C(c1cc2cc(F)ccc2s1)c1ccc(F)cc1F. The summed E-state index contributed by atoms with van der Waals surface area (Å²) in [4.78, 5) is 12.5. The summed E-state index contributed by atoms with van der Waals surface area (Å²) >= 11 is 1.15. The number of halogens is 3. The summed E-state index contributed by atoms with van der Waals surface area (Å²) in [6.07, 6.45) is 0. The molecular formula is C15H7F3OS. The van der Waals surface area contributed by atoms with E-state index < -0.39 is 23.2 Å². The minimum atomic E-state index is -0.904. The van der Waals surface area contributed by atoms with E-state index in [2.05, 4.69) is 0 Å². The number of carbonyl (C=O) groups excluding carboxylic acids is 1. The predicted octanol–water partition coefficient (Wildman–Crippen LogP) is 4.55. The summed E-state index contributed by atoms with van der Waals surface area (Å²) in [5.74, 6) is -2.58. The maximum Gasteiger partial charge on any atom is 0.205 e. The summed E-state index contributed by atoms with van der Waals surface area (Å²) in [6, 6.07) is 8.48. The zero-order chi connectivity index (χ0) is 14.3. The molecule has 5 heteroatoms. The van der Waals surface area contributed by atoms with Crippen LogP contribution >= 0.6 is 11.3 Å². The topological polar surface area (TPSA) is 17.1 Å². The van der Waals surface area contributed by atoms with E-state index in [-0.39, 0.29) is 10.4 Å². The van der Waals surface area contributed by atoms with Crippen LogP contribution in [-0.4, -0.2) is 5.78 Å². The molecule has 1 heterocycles. The molecule has 0 saturated carbocycles. The molecule has 0 fully saturated rings. The second kappa shape index (κ2) is 4.76. The Kier molecular flexibility index (Phi) is 3.06. The van der Waals surface area contributed by atoms with Gasteiger partial charge in [-0.3, -0.25) is 4.79 Å². The van der Waals surface area contributed by atoms with Gasteiger partial charge in [-0.15, -0.1) is 11.3 Å². The van der Waals surface area contributed by atoms with Gasteiger partial charge in [0.1, 0.15) is 17.5 Å². The van der Waals surface area contributed by atoms with Gasteiger partial charge in [0.05, 0.1) is 10.4 Å².